The SMILES string of the molecule is N#C/C(=C/c1cn(Cc2ccc(Cl)c(Cl)c2)c2ccccc12)C(=O)Nc1cccc(C(F)(F)F)c1. The quantitative estimate of drug-likeness (QED) is 0.221. The zero-order chi connectivity index (χ0) is 25.2. The van der Waals surface area contributed by atoms with Gasteiger partial charge in [-0.2, -0.15) is 18.4 Å². The van der Waals surface area contributed by atoms with Gasteiger partial charge in [0.05, 0.1) is 15.6 Å². The summed E-state index contributed by atoms with van der Waals surface area (Å²) < 4.78 is 40.9. The van der Waals surface area contributed by atoms with E-state index in [1.807, 2.05) is 41.0 Å². The number of fused-ring (bicyclic) bond motifs is 1. The molecule has 0 saturated heterocycles. The van der Waals surface area contributed by atoms with Crippen LogP contribution in [0.2, 0.25) is 10.0 Å². The predicted octanol–water partition coefficient (Wildman–Crippen LogP) is 7.56. The molecule has 1 aromatic heterocycles. The minimum absolute atomic E-state index is 0.0620. The summed E-state index contributed by atoms with van der Waals surface area (Å²) in [5, 5.41) is 13.6. The number of nitriles is 1. The van der Waals surface area contributed by atoms with E-state index in [0.29, 0.717) is 22.2 Å². The molecule has 0 spiro atoms. The number of amides is 1. The van der Waals surface area contributed by atoms with E-state index in [4.69, 9.17) is 23.2 Å². The zero-order valence-corrected chi connectivity index (χ0v) is 19.4. The molecular weight excluding hydrogens is 498 g/mol. The van der Waals surface area contributed by atoms with E-state index in [1.165, 1.54) is 18.2 Å². The number of alkyl halides is 3. The lowest BCUT2D eigenvalue weighted by atomic mass is 10.1. The van der Waals surface area contributed by atoms with Crippen LogP contribution in [0.1, 0.15) is 16.7 Å². The lowest BCUT2D eigenvalue weighted by Crippen LogP contribution is -2.14. The van der Waals surface area contributed by atoms with E-state index in [1.54, 1.807) is 18.3 Å². The highest BCUT2D eigenvalue weighted by Gasteiger charge is 2.30. The molecule has 0 bridgehead atoms. The van der Waals surface area contributed by atoms with Crippen LogP contribution in [-0.2, 0) is 17.5 Å². The second-order valence-electron chi connectivity index (χ2n) is 7.68. The minimum Gasteiger partial charge on any atom is -0.342 e. The topological polar surface area (TPSA) is 57.8 Å². The van der Waals surface area contributed by atoms with Gasteiger partial charge in [0, 0.05) is 34.9 Å². The first-order valence-electron chi connectivity index (χ1n) is 10.3. The molecule has 4 nitrogen and oxygen atoms in total. The van der Waals surface area contributed by atoms with Crippen LogP contribution in [-0.4, -0.2) is 10.5 Å². The van der Waals surface area contributed by atoms with Gasteiger partial charge in [-0.05, 0) is 48.0 Å². The van der Waals surface area contributed by atoms with Crippen LogP contribution in [0.3, 0.4) is 0 Å². The summed E-state index contributed by atoms with van der Waals surface area (Å²) in [5.74, 6) is -0.812. The Morgan fingerprint density at radius 1 is 1.03 bits per heavy atom. The molecule has 1 amide bonds. The average molecular weight is 514 g/mol. The molecule has 0 fully saturated rings. The third kappa shape index (κ3) is 5.51. The van der Waals surface area contributed by atoms with Gasteiger partial charge in [-0.1, -0.05) is 53.5 Å². The molecule has 0 aliphatic rings. The van der Waals surface area contributed by atoms with Crippen molar-refractivity contribution in [3.63, 3.8) is 0 Å². The fourth-order valence-corrected chi connectivity index (χ4v) is 3.95. The molecular formula is C26H16Cl2F3N3O. The number of carbonyl (C=O) groups excluding carboxylic acids is 1. The monoisotopic (exact) mass is 513 g/mol. The molecule has 0 radical (unpaired) electrons. The zero-order valence-electron chi connectivity index (χ0n) is 17.9. The number of hydrogen-bond donors (Lipinski definition) is 1. The number of anilines is 1. The number of benzene rings is 3. The number of carbonyl (C=O) groups is 1. The Hall–Kier alpha value is -3.73. The Kier molecular flexibility index (Phi) is 6.88. The molecule has 1 heterocycles. The largest absolute Gasteiger partial charge is 0.416 e. The highest BCUT2D eigenvalue weighted by atomic mass is 35.5. The van der Waals surface area contributed by atoms with Gasteiger partial charge in [-0.15, -0.1) is 0 Å². The second kappa shape index (κ2) is 9.87. The van der Waals surface area contributed by atoms with Crippen LogP contribution < -0.4 is 5.32 Å². The molecule has 0 atom stereocenters. The summed E-state index contributed by atoms with van der Waals surface area (Å²) in [6.07, 6.45) is -1.34. The number of nitrogens with zero attached hydrogens (tertiary/aromatic N) is 2. The van der Waals surface area contributed by atoms with Crippen molar-refractivity contribution in [2.45, 2.75) is 12.7 Å². The van der Waals surface area contributed by atoms with Crippen molar-refractivity contribution in [3.05, 3.63) is 105 Å². The third-order valence-electron chi connectivity index (χ3n) is 5.27. The molecule has 0 unspecified atom stereocenters. The van der Waals surface area contributed by atoms with E-state index < -0.39 is 17.6 Å². The van der Waals surface area contributed by atoms with Gasteiger partial charge in [0.2, 0.25) is 0 Å². The number of rotatable bonds is 5. The number of hydrogen-bond acceptors (Lipinski definition) is 2. The van der Waals surface area contributed by atoms with Gasteiger partial charge in [0.15, 0.2) is 0 Å². The number of nitrogens with one attached hydrogen (secondary N) is 1. The standard InChI is InChI=1S/C26H16Cl2F3N3O/c27-22-9-8-16(10-23(22)28)14-34-15-18(21-6-1-2-7-24(21)34)11-17(13-32)25(35)33-20-5-3-4-19(12-20)26(29,30)31/h1-12,15H,14H2,(H,33,35)/b17-11-. The molecule has 35 heavy (non-hydrogen) atoms. The first kappa shape index (κ1) is 24.4. The van der Waals surface area contributed by atoms with E-state index in [0.717, 1.165) is 28.6 Å². The summed E-state index contributed by atoms with van der Waals surface area (Å²) in [4.78, 5) is 12.7. The van der Waals surface area contributed by atoms with Gasteiger partial charge in [-0.25, -0.2) is 0 Å². The molecule has 176 valence electrons. The van der Waals surface area contributed by atoms with Crippen molar-refractivity contribution in [1.82, 2.24) is 4.57 Å². The number of aromatic nitrogens is 1. The average Bonchev–Trinajstić information content (AvgIpc) is 3.16. The summed E-state index contributed by atoms with van der Waals surface area (Å²) in [6.45, 7) is 0.462. The summed E-state index contributed by atoms with van der Waals surface area (Å²) >= 11 is 12.1. The maximum atomic E-state index is 13.0. The molecule has 0 aliphatic carbocycles. The molecule has 3 aromatic carbocycles. The molecule has 4 aromatic rings. The second-order valence-corrected chi connectivity index (χ2v) is 8.49. The summed E-state index contributed by atoms with van der Waals surface area (Å²) in [7, 11) is 0. The smallest absolute Gasteiger partial charge is 0.342 e. The Labute approximate surface area is 208 Å². The lowest BCUT2D eigenvalue weighted by molar-refractivity contribution is -0.137. The molecule has 9 heteroatoms. The number of para-hydroxylation sites is 1. The Balaban J connectivity index is 1.66. The molecule has 4 rings (SSSR count). The number of halogens is 5. The fourth-order valence-electron chi connectivity index (χ4n) is 3.63. The molecule has 0 aliphatic heterocycles. The highest BCUT2D eigenvalue weighted by Crippen LogP contribution is 2.31. The van der Waals surface area contributed by atoms with E-state index in [-0.39, 0.29) is 11.3 Å². The minimum atomic E-state index is -4.55. The Bertz CT molecular complexity index is 1500. The van der Waals surface area contributed by atoms with E-state index in [9.17, 15) is 23.2 Å². The Morgan fingerprint density at radius 3 is 2.51 bits per heavy atom. The maximum absolute atomic E-state index is 13.0. The predicted molar refractivity (Wildman–Crippen MR) is 131 cm³/mol. The van der Waals surface area contributed by atoms with Crippen molar-refractivity contribution in [2.24, 2.45) is 0 Å². The first-order chi connectivity index (χ1) is 16.7. The van der Waals surface area contributed by atoms with Crippen molar-refractivity contribution >= 4 is 51.8 Å². The summed E-state index contributed by atoms with van der Waals surface area (Å²) in [6, 6.07) is 18.8. The van der Waals surface area contributed by atoms with Crippen molar-refractivity contribution in [1.29, 1.82) is 5.26 Å². The van der Waals surface area contributed by atoms with E-state index >= 15 is 0 Å². The van der Waals surface area contributed by atoms with Crippen LogP contribution in [0.15, 0.2) is 78.5 Å². The normalized spacial score (nSPS) is 11.9. The van der Waals surface area contributed by atoms with E-state index in [2.05, 4.69) is 5.32 Å². The third-order valence-corrected chi connectivity index (χ3v) is 6.01. The van der Waals surface area contributed by atoms with Crippen LogP contribution in [0, 0.1) is 11.3 Å². The van der Waals surface area contributed by atoms with Gasteiger partial charge >= 0.3 is 6.18 Å². The van der Waals surface area contributed by atoms with Gasteiger partial charge < -0.3 is 9.88 Å². The molecule has 1 N–H and O–H groups in total. The van der Waals surface area contributed by atoms with Crippen LogP contribution >= 0.6 is 23.2 Å². The van der Waals surface area contributed by atoms with Crippen LogP contribution in [0.25, 0.3) is 17.0 Å². The van der Waals surface area contributed by atoms with Gasteiger partial charge in [0.1, 0.15) is 11.6 Å². The van der Waals surface area contributed by atoms with Crippen LogP contribution in [0.5, 0.6) is 0 Å². The highest BCUT2D eigenvalue weighted by molar-refractivity contribution is 6.42. The van der Waals surface area contributed by atoms with Crippen LogP contribution in [0.4, 0.5) is 18.9 Å². The maximum Gasteiger partial charge on any atom is 0.416 e. The summed E-state index contributed by atoms with van der Waals surface area (Å²) in [5.41, 5.74) is 1.16. The first-order valence-corrected chi connectivity index (χ1v) is 11.0. The van der Waals surface area contributed by atoms with Crippen molar-refractivity contribution in [3.8, 4) is 6.07 Å². The lowest BCUT2D eigenvalue weighted by Gasteiger charge is -2.09. The van der Waals surface area contributed by atoms with Crippen molar-refractivity contribution in [2.75, 3.05) is 5.32 Å². The Morgan fingerprint density at radius 2 is 1.80 bits per heavy atom. The van der Waals surface area contributed by atoms with Crippen molar-refractivity contribution < 1.29 is 18.0 Å². The van der Waals surface area contributed by atoms with Gasteiger partial charge in [-0.3, -0.25) is 4.79 Å². The van der Waals surface area contributed by atoms with Gasteiger partial charge in [0.25, 0.3) is 5.91 Å². The molecule has 0 saturated carbocycles. The fraction of sp³-hybridized carbons (Fsp3) is 0.0769.